The monoisotopic (exact) mass is 296 g/mol. The van der Waals surface area contributed by atoms with Crippen molar-refractivity contribution < 1.29 is 22.2 Å². The number of nitrogens with zero attached hydrogens (tertiary/aromatic N) is 2. The van der Waals surface area contributed by atoms with Gasteiger partial charge in [0.15, 0.2) is 0 Å². The van der Waals surface area contributed by atoms with Crippen LogP contribution in [0.15, 0.2) is 67.0 Å². The van der Waals surface area contributed by atoms with E-state index in [1.165, 1.54) is 0 Å². The Hall–Kier alpha value is -1.61. The minimum atomic E-state index is -0.616. The first-order valence-corrected chi connectivity index (χ1v) is 5.82. The minimum Gasteiger partial charge on any atom is -0.747 e. The molecule has 0 aliphatic carbocycles. The van der Waals surface area contributed by atoms with Crippen molar-refractivity contribution in [1.82, 2.24) is 9.55 Å². The van der Waals surface area contributed by atoms with E-state index in [0.29, 0.717) is 5.82 Å². The summed E-state index contributed by atoms with van der Waals surface area (Å²) >= 11 is 0. The molecule has 106 valence electrons. The fourth-order valence-corrected chi connectivity index (χ4v) is 1.68. The number of aliphatic hydroxyl groups excluding tert-OH is 1. The van der Waals surface area contributed by atoms with Crippen LogP contribution in [-0.4, -0.2) is 14.7 Å². The maximum absolute atomic E-state index is 9.87. The van der Waals surface area contributed by atoms with E-state index < -0.39 is 6.10 Å². The molecule has 0 bridgehead atoms. The number of aliphatic hydroxyl groups is 1. The number of rotatable bonds is 2. The van der Waals surface area contributed by atoms with Gasteiger partial charge in [-0.15, -0.1) is 0 Å². The van der Waals surface area contributed by atoms with Gasteiger partial charge in [0.2, 0.25) is 0 Å². The van der Waals surface area contributed by atoms with Crippen LogP contribution >= 0.6 is 0 Å². The summed E-state index contributed by atoms with van der Waals surface area (Å²) in [6, 6.07) is 17.6. The predicted molar refractivity (Wildman–Crippen MR) is 71.3 cm³/mol. The Bertz CT molecular complexity index is 523. The number of aromatic nitrogens is 2. The summed E-state index contributed by atoms with van der Waals surface area (Å²) < 4.78 is 1.82. The maximum Gasteiger partial charge on any atom is 0.104 e. The molecule has 0 amide bonds. The van der Waals surface area contributed by atoms with Crippen LogP contribution in [0, 0.1) is 0 Å². The van der Waals surface area contributed by atoms with E-state index in [1.54, 1.807) is 6.20 Å². The third-order valence-corrected chi connectivity index (χ3v) is 2.66. The minimum absolute atomic E-state index is 0. The van der Waals surface area contributed by atoms with Gasteiger partial charge < -0.3 is 39.5 Å². The zero-order valence-electron chi connectivity index (χ0n) is 10.6. The van der Waals surface area contributed by atoms with Crippen molar-refractivity contribution in [2.75, 3.05) is 0 Å². The molecule has 0 radical (unpaired) electrons. The van der Waals surface area contributed by atoms with Crippen molar-refractivity contribution in [1.29, 1.82) is 0 Å². The summed E-state index contributed by atoms with van der Waals surface area (Å²) in [5.74, 6) is 0.672. The smallest absolute Gasteiger partial charge is 0.104 e. The molecule has 1 unspecified atom stereocenters. The topological polar surface area (TPSA) is 38.0 Å². The van der Waals surface area contributed by atoms with E-state index in [2.05, 4.69) is 4.98 Å². The normalized spacial score (nSPS) is 11.1. The first-order chi connectivity index (χ1) is 8.79. The molecule has 0 fully saturated rings. The largest absolute Gasteiger partial charge is 0.747 e. The zero-order valence-corrected chi connectivity index (χ0v) is 11.7. The Morgan fingerprint density at radius 3 is 2.32 bits per heavy atom. The van der Waals surface area contributed by atoms with Crippen LogP contribution in [0.3, 0.4) is 0 Å². The van der Waals surface area contributed by atoms with Crippen LogP contribution in [-0.2, 0) is 24.1 Å². The van der Waals surface area contributed by atoms with Crippen molar-refractivity contribution in [3.05, 3.63) is 78.4 Å². The Morgan fingerprint density at radius 2 is 1.89 bits per heavy atom. The summed E-state index contributed by atoms with van der Waals surface area (Å²) in [7, 11) is 1.87. The van der Waals surface area contributed by atoms with Crippen molar-refractivity contribution in [2.45, 2.75) is 6.10 Å². The molecule has 3 nitrogen and oxygen atoms in total. The SMILES string of the molecule is Cn1ccnc1C(O)[c-]1[cH-][cH-][cH-][cH-]1.[Fe].c1cc[cH-]c1. The quantitative estimate of drug-likeness (QED) is 0.583. The second-order valence-electron chi connectivity index (χ2n) is 3.98. The van der Waals surface area contributed by atoms with E-state index in [-0.39, 0.29) is 17.1 Å². The third kappa shape index (κ3) is 4.21. The molecule has 3 aromatic rings. The van der Waals surface area contributed by atoms with E-state index in [1.807, 2.05) is 72.4 Å². The Kier molecular flexibility index (Phi) is 6.30. The first kappa shape index (κ1) is 15.4. The molecular formula is C15H16FeN2O-6. The zero-order chi connectivity index (χ0) is 12.8. The molecule has 4 heteroatoms. The average Bonchev–Trinajstić information content (AvgIpc) is 3.13. The number of aryl methyl sites for hydroxylation is 1. The summed E-state index contributed by atoms with van der Waals surface area (Å²) in [4.78, 5) is 4.08. The molecule has 0 aliphatic heterocycles. The predicted octanol–water partition coefficient (Wildman–Crippen LogP) is 2.62. The molecule has 19 heavy (non-hydrogen) atoms. The summed E-state index contributed by atoms with van der Waals surface area (Å²) in [5, 5.41) is 9.87. The van der Waals surface area contributed by atoms with Crippen LogP contribution in [0.1, 0.15) is 17.5 Å². The van der Waals surface area contributed by atoms with Crippen LogP contribution in [0.2, 0.25) is 0 Å². The Labute approximate surface area is 123 Å². The van der Waals surface area contributed by atoms with Crippen LogP contribution in [0.25, 0.3) is 0 Å². The number of imidazole rings is 1. The van der Waals surface area contributed by atoms with Crippen molar-refractivity contribution in [2.24, 2.45) is 7.05 Å². The second kappa shape index (κ2) is 7.74. The first-order valence-electron chi connectivity index (χ1n) is 5.82. The van der Waals surface area contributed by atoms with Gasteiger partial charge in [-0.25, -0.2) is 17.1 Å². The van der Waals surface area contributed by atoms with Crippen LogP contribution < -0.4 is 0 Å². The van der Waals surface area contributed by atoms with Crippen molar-refractivity contribution in [3.8, 4) is 0 Å². The van der Waals surface area contributed by atoms with Gasteiger partial charge in [-0.1, -0.05) is 0 Å². The molecule has 3 rings (SSSR count). The third-order valence-electron chi connectivity index (χ3n) is 2.66. The molecule has 1 heterocycles. The number of hydrogen-bond acceptors (Lipinski definition) is 2. The Morgan fingerprint density at radius 1 is 1.26 bits per heavy atom. The van der Waals surface area contributed by atoms with E-state index in [0.717, 1.165) is 5.56 Å². The molecule has 1 N–H and O–H groups in total. The maximum atomic E-state index is 9.87. The molecule has 0 aliphatic rings. The van der Waals surface area contributed by atoms with Crippen molar-refractivity contribution >= 4 is 0 Å². The summed E-state index contributed by atoms with van der Waals surface area (Å²) in [6.07, 6.45) is 2.89. The number of hydrogen-bond donors (Lipinski definition) is 1. The van der Waals surface area contributed by atoms with Gasteiger partial charge in [0.1, 0.15) is 5.82 Å². The van der Waals surface area contributed by atoms with Gasteiger partial charge in [-0.2, -0.15) is 18.2 Å². The van der Waals surface area contributed by atoms with Gasteiger partial charge >= 0.3 is 0 Å². The Balaban J connectivity index is 0.000000256. The second-order valence-corrected chi connectivity index (χ2v) is 3.98. The summed E-state index contributed by atoms with van der Waals surface area (Å²) in [6.45, 7) is 0. The molecule has 0 saturated heterocycles. The molecule has 0 spiro atoms. The van der Waals surface area contributed by atoms with Gasteiger partial charge in [0, 0.05) is 36.5 Å². The molecule has 2 aromatic carbocycles. The fraction of sp³-hybridized carbons (Fsp3) is 0.133. The van der Waals surface area contributed by atoms with Crippen molar-refractivity contribution in [3.63, 3.8) is 0 Å². The van der Waals surface area contributed by atoms with Gasteiger partial charge in [-0.3, -0.25) is 0 Å². The molecule has 1 atom stereocenters. The van der Waals surface area contributed by atoms with E-state index >= 15 is 0 Å². The summed E-state index contributed by atoms with van der Waals surface area (Å²) in [5.41, 5.74) is 0.884. The van der Waals surface area contributed by atoms with Gasteiger partial charge in [0.05, 0.1) is 0 Å². The van der Waals surface area contributed by atoms with Crippen LogP contribution in [0.5, 0.6) is 0 Å². The van der Waals surface area contributed by atoms with Gasteiger partial charge in [-0.05, 0) is 6.10 Å². The fourth-order valence-electron chi connectivity index (χ4n) is 1.68. The average molecular weight is 296 g/mol. The molecule has 0 saturated carbocycles. The standard InChI is InChI=1S/C10H11N2O.C5H5.Fe/c1-12-7-6-11-10(12)9(13)8-4-2-3-5-8;1-2-4-5-3-1;/h2-7,9,13H,1H3;1-5H;/q-5;-1;. The van der Waals surface area contributed by atoms with Crippen LogP contribution in [0.4, 0.5) is 0 Å². The van der Waals surface area contributed by atoms with E-state index in [9.17, 15) is 5.11 Å². The molecule has 1 aromatic heterocycles. The molecular weight excluding hydrogens is 280 g/mol. The van der Waals surface area contributed by atoms with E-state index in [4.69, 9.17) is 0 Å². The van der Waals surface area contributed by atoms with Gasteiger partial charge in [0.25, 0.3) is 0 Å².